The average molecular weight is 358 g/mol. The van der Waals surface area contributed by atoms with Crippen molar-refractivity contribution in [3.8, 4) is 11.5 Å². The van der Waals surface area contributed by atoms with E-state index >= 15 is 0 Å². The van der Waals surface area contributed by atoms with E-state index in [1.807, 2.05) is 26.0 Å². The monoisotopic (exact) mass is 358 g/mol. The van der Waals surface area contributed by atoms with Crippen molar-refractivity contribution in [3.05, 3.63) is 23.8 Å². The van der Waals surface area contributed by atoms with Gasteiger partial charge in [-0.2, -0.15) is 17.0 Å². The molecule has 1 saturated heterocycles. The number of methoxy groups -OCH3 is 2. The predicted octanol–water partition coefficient (Wildman–Crippen LogP) is 1.49. The van der Waals surface area contributed by atoms with Crippen molar-refractivity contribution in [2.75, 3.05) is 34.4 Å². The third-order valence-corrected chi connectivity index (χ3v) is 5.85. The Morgan fingerprint density at radius 2 is 1.83 bits per heavy atom. The van der Waals surface area contributed by atoms with E-state index in [9.17, 15) is 8.42 Å². The van der Waals surface area contributed by atoms with Gasteiger partial charge in [-0.1, -0.05) is 12.1 Å². The fraction of sp³-hybridized carbons (Fsp3) is 0.625. The number of rotatable bonds is 6. The predicted molar refractivity (Wildman–Crippen MR) is 91.5 cm³/mol. The van der Waals surface area contributed by atoms with E-state index in [0.717, 1.165) is 5.56 Å². The molecule has 0 spiro atoms. The van der Waals surface area contributed by atoms with Crippen LogP contribution >= 0.6 is 0 Å². The van der Waals surface area contributed by atoms with E-state index in [4.69, 9.17) is 14.2 Å². The van der Waals surface area contributed by atoms with Gasteiger partial charge >= 0.3 is 0 Å². The first-order valence-corrected chi connectivity index (χ1v) is 9.26. The van der Waals surface area contributed by atoms with Crippen molar-refractivity contribution in [1.29, 1.82) is 0 Å². The highest BCUT2D eigenvalue weighted by molar-refractivity contribution is 7.86. The number of para-hydroxylation sites is 1. The fourth-order valence-corrected chi connectivity index (χ4v) is 4.41. The van der Waals surface area contributed by atoms with E-state index in [1.165, 1.54) is 8.61 Å². The molecule has 0 aliphatic carbocycles. The van der Waals surface area contributed by atoms with Crippen LogP contribution in [0, 0.1) is 0 Å². The van der Waals surface area contributed by atoms with E-state index in [-0.39, 0.29) is 18.8 Å². The average Bonchev–Trinajstić information content (AvgIpc) is 2.53. The van der Waals surface area contributed by atoms with Crippen LogP contribution in [0.3, 0.4) is 0 Å². The SMILES string of the molecule is COc1cccc(CN(C)S(=O)(=O)N2CC(C)OC(C)C2)c1OC. The van der Waals surface area contributed by atoms with Crippen LogP contribution in [0.5, 0.6) is 11.5 Å². The van der Waals surface area contributed by atoms with Gasteiger partial charge in [0, 0.05) is 32.2 Å². The zero-order valence-corrected chi connectivity index (χ0v) is 15.7. The number of nitrogens with zero attached hydrogens (tertiary/aromatic N) is 2. The molecule has 0 aromatic heterocycles. The molecule has 0 amide bonds. The lowest BCUT2D eigenvalue weighted by Gasteiger charge is -2.36. The molecule has 2 unspecified atom stereocenters. The Labute approximate surface area is 144 Å². The summed E-state index contributed by atoms with van der Waals surface area (Å²) < 4.78 is 44.8. The first-order valence-electron chi connectivity index (χ1n) is 7.86. The molecule has 0 N–H and O–H groups in total. The molecule has 136 valence electrons. The van der Waals surface area contributed by atoms with Crippen LogP contribution in [-0.2, 0) is 21.5 Å². The van der Waals surface area contributed by atoms with E-state index in [2.05, 4.69) is 0 Å². The van der Waals surface area contributed by atoms with Crippen molar-refractivity contribution < 1.29 is 22.6 Å². The lowest BCUT2D eigenvalue weighted by atomic mass is 10.2. The molecular formula is C16H26N2O5S. The van der Waals surface area contributed by atoms with Gasteiger partial charge in [0.25, 0.3) is 10.2 Å². The normalized spacial score (nSPS) is 22.6. The minimum atomic E-state index is -3.58. The Bertz CT molecular complexity index is 654. The van der Waals surface area contributed by atoms with Crippen molar-refractivity contribution in [2.45, 2.75) is 32.6 Å². The Morgan fingerprint density at radius 1 is 1.21 bits per heavy atom. The Hall–Kier alpha value is -1.35. The van der Waals surface area contributed by atoms with Crippen molar-refractivity contribution in [1.82, 2.24) is 8.61 Å². The molecule has 1 aliphatic heterocycles. The molecule has 2 atom stereocenters. The van der Waals surface area contributed by atoms with Crippen LogP contribution in [0.1, 0.15) is 19.4 Å². The van der Waals surface area contributed by atoms with Crippen molar-refractivity contribution in [3.63, 3.8) is 0 Å². The van der Waals surface area contributed by atoms with E-state index < -0.39 is 10.2 Å². The molecule has 1 aliphatic rings. The van der Waals surface area contributed by atoms with Crippen LogP contribution in [0.2, 0.25) is 0 Å². The maximum atomic E-state index is 12.9. The van der Waals surface area contributed by atoms with Crippen molar-refractivity contribution in [2.24, 2.45) is 0 Å². The number of hydrogen-bond donors (Lipinski definition) is 0. The number of ether oxygens (including phenoxy) is 3. The zero-order valence-electron chi connectivity index (χ0n) is 14.9. The maximum Gasteiger partial charge on any atom is 0.282 e. The highest BCUT2D eigenvalue weighted by Gasteiger charge is 2.34. The molecule has 8 heteroatoms. The second-order valence-corrected chi connectivity index (χ2v) is 8.03. The number of benzene rings is 1. The molecule has 0 radical (unpaired) electrons. The summed E-state index contributed by atoms with van der Waals surface area (Å²) in [5.41, 5.74) is 0.747. The molecule has 1 heterocycles. The topological polar surface area (TPSA) is 68.3 Å². The van der Waals surface area contributed by atoms with Gasteiger partial charge in [-0.15, -0.1) is 0 Å². The Kier molecular flexibility index (Phi) is 6.08. The summed E-state index contributed by atoms with van der Waals surface area (Å²) in [5, 5.41) is 0. The molecule has 0 saturated carbocycles. The highest BCUT2D eigenvalue weighted by atomic mass is 32.2. The second kappa shape index (κ2) is 7.69. The summed E-state index contributed by atoms with van der Waals surface area (Å²) in [6, 6.07) is 5.43. The molecule has 1 aromatic rings. The van der Waals surface area contributed by atoms with E-state index in [1.54, 1.807) is 27.3 Å². The first-order chi connectivity index (χ1) is 11.3. The molecule has 1 fully saturated rings. The fourth-order valence-electron chi connectivity index (χ4n) is 2.92. The maximum absolute atomic E-state index is 12.9. The summed E-state index contributed by atoms with van der Waals surface area (Å²) in [5.74, 6) is 1.13. The van der Waals surface area contributed by atoms with Gasteiger partial charge in [-0.3, -0.25) is 0 Å². The van der Waals surface area contributed by atoms with Crippen LogP contribution in [0.15, 0.2) is 18.2 Å². The van der Waals surface area contributed by atoms with Crippen LogP contribution in [0.25, 0.3) is 0 Å². The van der Waals surface area contributed by atoms with E-state index in [0.29, 0.717) is 24.6 Å². The minimum absolute atomic E-state index is 0.122. The summed E-state index contributed by atoms with van der Waals surface area (Å²) in [7, 11) is 1.09. The third kappa shape index (κ3) is 4.00. The molecular weight excluding hydrogens is 332 g/mol. The van der Waals surface area contributed by atoms with Gasteiger partial charge in [-0.05, 0) is 19.9 Å². The van der Waals surface area contributed by atoms with Crippen LogP contribution in [0.4, 0.5) is 0 Å². The minimum Gasteiger partial charge on any atom is -0.493 e. The molecule has 7 nitrogen and oxygen atoms in total. The molecule has 24 heavy (non-hydrogen) atoms. The smallest absolute Gasteiger partial charge is 0.282 e. The molecule has 1 aromatic carbocycles. The third-order valence-electron chi connectivity index (χ3n) is 3.98. The summed E-state index contributed by atoms with van der Waals surface area (Å²) in [4.78, 5) is 0. The Balaban J connectivity index is 2.21. The number of hydrogen-bond acceptors (Lipinski definition) is 5. The van der Waals surface area contributed by atoms with Gasteiger partial charge in [0.1, 0.15) is 0 Å². The second-order valence-electron chi connectivity index (χ2n) is 5.99. The standard InChI is InChI=1S/C16H26N2O5S/c1-12-9-18(10-13(2)23-12)24(19,20)17(3)11-14-7-6-8-15(21-4)16(14)22-5/h6-8,12-13H,9-11H2,1-5H3. The Morgan fingerprint density at radius 3 is 2.38 bits per heavy atom. The number of morpholine rings is 1. The summed E-state index contributed by atoms with van der Waals surface area (Å²) >= 11 is 0. The molecule has 0 bridgehead atoms. The molecule has 2 rings (SSSR count). The largest absolute Gasteiger partial charge is 0.493 e. The van der Waals surface area contributed by atoms with Crippen molar-refractivity contribution >= 4 is 10.2 Å². The van der Waals surface area contributed by atoms with Gasteiger partial charge in [-0.25, -0.2) is 0 Å². The first kappa shape index (κ1) is 19.0. The zero-order chi connectivity index (χ0) is 17.9. The van der Waals surface area contributed by atoms with Gasteiger partial charge in [0.15, 0.2) is 11.5 Å². The summed E-state index contributed by atoms with van der Waals surface area (Å²) in [6.07, 6.45) is -0.244. The van der Waals surface area contributed by atoms with Gasteiger partial charge in [0.05, 0.1) is 26.4 Å². The van der Waals surface area contributed by atoms with Gasteiger partial charge in [0.2, 0.25) is 0 Å². The lowest BCUT2D eigenvalue weighted by molar-refractivity contribution is -0.0453. The highest BCUT2D eigenvalue weighted by Crippen LogP contribution is 2.32. The quantitative estimate of drug-likeness (QED) is 0.771. The summed E-state index contributed by atoms with van der Waals surface area (Å²) in [6.45, 7) is 4.66. The van der Waals surface area contributed by atoms with Gasteiger partial charge < -0.3 is 14.2 Å². The van der Waals surface area contributed by atoms with Crippen LogP contribution in [-0.4, -0.2) is 63.6 Å². The lowest BCUT2D eigenvalue weighted by Crippen LogP contribution is -2.52. The van der Waals surface area contributed by atoms with Crippen LogP contribution < -0.4 is 9.47 Å².